The third kappa shape index (κ3) is 2.17. The Kier molecular flexibility index (Phi) is 2.93. The molecule has 1 aromatic rings. The summed E-state index contributed by atoms with van der Waals surface area (Å²) in [5, 5.41) is 0.547. The molecule has 0 aromatic heterocycles. The van der Waals surface area contributed by atoms with Crippen molar-refractivity contribution in [1.29, 1.82) is 0 Å². The van der Waals surface area contributed by atoms with Crippen LogP contribution in [-0.2, 0) is 9.31 Å². The summed E-state index contributed by atoms with van der Waals surface area (Å²) >= 11 is 5.89. The van der Waals surface area contributed by atoms with E-state index in [1.807, 2.05) is 33.8 Å². The van der Waals surface area contributed by atoms with E-state index in [2.05, 4.69) is 0 Å². The molecule has 3 nitrogen and oxygen atoms in total. The van der Waals surface area contributed by atoms with Gasteiger partial charge in [0, 0.05) is 5.69 Å². The van der Waals surface area contributed by atoms with Crippen molar-refractivity contribution in [2.45, 2.75) is 38.9 Å². The van der Waals surface area contributed by atoms with Gasteiger partial charge in [-0.15, -0.1) is 0 Å². The Bertz CT molecular complexity index is 432. The molecule has 0 saturated carbocycles. The average Bonchev–Trinajstić information content (AvgIpc) is 2.41. The van der Waals surface area contributed by atoms with Crippen molar-refractivity contribution < 1.29 is 9.31 Å². The first-order chi connectivity index (χ1) is 7.73. The molecule has 0 aliphatic carbocycles. The van der Waals surface area contributed by atoms with Crippen LogP contribution in [-0.4, -0.2) is 18.3 Å². The normalized spacial score (nSPS) is 21.8. The maximum absolute atomic E-state index is 5.92. The molecule has 1 aromatic carbocycles. The molecule has 2 rings (SSSR count). The van der Waals surface area contributed by atoms with Crippen molar-refractivity contribution in [2.24, 2.45) is 0 Å². The maximum Gasteiger partial charge on any atom is 0.494 e. The SMILES string of the molecule is CC1(C)OB(c2ccc(Cl)c(N)c2)OC1(C)C. The lowest BCUT2D eigenvalue weighted by Crippen LogP contribution is -2.41. The van der Waals surface area contributed by atoms with Crippen molar-refractivity contribution in [3.63, 3.8) is 0 Å². The number of hydrogen-bond donors (Lipinski definition) is 1. The molecule has 1 saturated heterocycles. The fraction of sp³-hybridized carbons (Fsp3) is 0.500. The Morgan fingerprint density at radius 3 is 2.12 bits per heavy atom. The molecule has 0 bridgehead atoms. The van der Waals surface area contributed by atoms with E-state index in [4.69, 9.17) is 26.6 Å². The molecular weight excluding hydrogens is 236 g/mol. The number of anilines is 1. The lowest BCUT2D eigenvalue weighted by Gasteiger charge is -2.32. The summed E-state index contributed by atoms with van der Waals surface area (Å²) in [6.45, 7) is 8.08. The molecule has 1 aliphatic rings. The molecule has 1 heterocycles. The number of rotatable bonds is 1. The van der Waals surface area contributed by atoms with Crippen LogP contribution in [0.1, 0.15) is 27.7 Å². The van der Waals surface area contributed by atoms with Crippen LogP contribution in [0.25, 0.3) is 0 Å². The highest BCUT2D eigenvalue weighted by atomic mass is 35.5. The van der Waals surface area contributed by atoms with Crippen LogP contribution < -0.4 is 11.2 Å². The molecule has 92 valence electrons. The van der Waals surface area contributed by atoms with Crippen LogP contribution >= 0.6 is 11.6 Å². The molecule has 0 amide bonds. The van der Waals surface area contributed by atoms with Crippen molar-refractivity contribution in [2.75, 3.05) is 5.73 Å². The molecule has 5 heteroatoms. The third-order valence-corrected chi connectivity index (χ3v) is 3.89. The van der Waals surface area contributed by atoms with Gasteiger partial charge < -0.3 is 15.0 Å². The second-order valence-corrected chi connectivity index (χ2v) is 5.78. The molecule has 0 unspecified atom stereocenters. The third-order valence-electron chi connectivity index (χ3n) is 3.55. The summed E-state index contributed by atoms with van der Waals surface area (Å²) in [4.78, 5) is 0. The van der Waals surface area contributed by atoms with E-state index in [1.54, 1.807) is 12.1 Å². The van der Waals surface area contributed by atoms with Crippen molar-refractivity contribution in [3.05, 3.63) is 23.2 Å². The number of nitrogen functional groups attached to an aromatic ring is 1. The van der Waals surface area contributed by atoms with Crippen LogP contribution in [0.3, 0.4) is 0 Å². The molecule has 2 N–H and O–H groups in total. The van der Waals surface area contributed by atoms with E-state index in [-0.39, 0.29) is 18.3 Å². The van der Waals surface area contributed by atoms with Crippen LogP contribution in [0.4, 0.5) is 5.69 Å². The van der Waals surface area contributed by atoms with Gasteiger partial charge in [-0.25, -0.2) is 0 Å². The highest BCUT2D eigenvalue weighted by Gasteiger charge is 2.51. The van der Waals surface area contributed by atoms with Crippen LogP contribution in [0, 0.1) is 0 Å². The largest absolute Gasteiger partial charge is 0.494 e. The lowest BCUT2D eigenvalue weighted by atomic mass is 9.79. The van der Waals surface area contributed by atoms with Gasteiger partial charge in [-0.3, -0.25) is 0 Å². The van der Waals surface area contributed by atoms with E-state index < -0.39 is 0 Å². The van der Waals surface area contributed by atoms with Gasteiger partial charge in [0.05, 0.1) is 16.2 Å². The van der Waals surface area contributed by atoms with E-state index in [0.717, 1.165) is 5.46 Å². The van der Waals surface area contributed by atoms with Crippen molar-refractivity contribution in [3.8, 4) is 0 Å². The van der Waals surface area contributed by atoms with Gasteiger partial charge >= 0.3 is 7.12 Å². The zero-order valence-electron chi connectivity index (χ0n) is 10.6. The van der Waals surface area contributed by atoms with Crippen LogP contribution in [0.5, 0.6) is 0 Å². The van der Waals surface area contributed by atoms with Crippen LogP contribution in [0.15, 0.2) is 18.2 Å². The van der Waals surface area contributed by atoms with Gasteiger partial charge in [-0.1, -0.05) is 17.7 Å². The minimum atomic E-state index is -0.389. The molecule has 1 fully saturated rings. The fourth-order valence-electron chi connectivity index (χ4n) is 1.69. The summed E-state index contributed by atoms with van der Waals surface area (Å²) in [6.07, 6.45) is 0. The number of halogens is 1. The topological polar surface area (TPSA) is 44.5 Å². The second-order valence-electron chi connectivity index (χ2n) is 5.37. The summed E-state index contributed by atoms with van der Waals surface area (Å²) in [5.74, 6) is 0. The van der Waals surface area contributed by atoms with Gasteiger partial charge in [0.15, 0.2) is 0 Å². The summed E-state index contributed by atoms with van der Waals surface area (Å²) in [7, 11) is -0.389. The Morgan fingerprint density at radius 2 is 1.65 bits per heavy atom. The minimum absolute atomic E-state index is 0.341. The van der Waals surface area contributed by atoms with Gasteiger partial charge in [0.2, 0.25) is 0 Å². The molecule has 0 spiro atoms. The van der Waals surface area contributed by atoms with E-state index in [0.29, 0.717) is 10.7 Å². The highest BCUT2D eigenvalue weighted by Crippen LogP contribution is 2.36. The molecular formula is C12H17BClNO2. The lowest BCUT2D eigenvalue weighted by molar-refractivity contribution is 0.00578. The maximum atomic E-state index is 5.92. The summed E-state index contributed by atoms with van der Waals surface area (Å²) in [5.41, 5.74) is 6.53. The smallest absolute Gasteiger partial charge is 0.399 e. The summed E-state index contributed by atoms with van der Waals surface area (Å²) < 4.78 is 11.8. The molecule has 17 heavy (non-hydrogen) atoms. The minimum Gasteiger partial charge on any atom is -0.399 e. The Hall–Kier alpha value is -0.705. The molecule has 1 aliphatic heterocycles. The Labute approximate surface area is 107 Å². The van der Waals surface area contributed by atoms with E-state index in [1.165, 1.54) is 0 Å². The van der Waals surface area contributed by atoms with E-state index >= 15 is 0 Å². The predicted octanol–water partition coefficient (Wildman–Crippen LogP) is 2.22. The van der Waals surface area contributed by atoms with Crippen LogP contribution in [0.2, 0.25) is 5.02 Å². The van der Waals surface area contributed by atoms with Gasteiger partial charge in [-0.05, 0) is 45.3 Å². The zero-order chi connectivity index (χ0) is 12.8. The molecule has 0 atom stereocenters. The number of benzene rings is 1. The van der Waals surface area contributed by atoms with Crippen molar-refractivity contribution in [1.82, 2.24) is 0 Å². The monoisotopic (exact) mass is 253 g/mol. The van der Waals surface area contributed by atoms with Gasteiger partial charge in [0.25, 0.3) is 0 Å². The predicted molar refractivity (Wildman–Crippen MR) is 71.6 cm³/mol. The average molecular weight is 254 g/mol. The van der Waals surface area contributed by atoms with Gasteiger partial charge in [0.1, 0.15) is 0 Å². The highest BCUT2D eigenvalue weighted by molar-refractivity contribution is 6.62. The first-order valence-electron chi connectivity index (χ1n) is 5.63. The zero-order valence-corrected chi connectivity index (χ0v) is 11.3. The van der Waals surface area contributed by atoms with E-state index in [9.17, 15) is 0 Å². The first-order valence-corrected chi connectivity index (χ1v) is 6.01. The Morgan fingerprint density at radius 1 is 1.12 bits per heavy atom. The number of hydrogen-bond acceptors (Lipinski definition) is 3. The molecule has 0 radical (unpaired) electrons. The number of nitrogens with two attached hydrogens (primary N) is 1. The summed E-state index contributed by atoms with van der Waals surface area (Å²) in [6, 6.07) is 5.43. The van der Waals surface area contributed by atoms with Gasteiger partial charge in [-0.2, -0.15) is 0 Å². The standard InChI is InChI=1S/C12H17BClNO2/c1-11(2)12(3,4)17-13(16-11)8-5-6-9(14)10(15)7-8/h5-7H,15H2,1-4H3. The van der Waals surface area contributed by atoms with Crippen molar-refractivity contribution >= 4 is 29.9 Å². The fourth-order valence-corrected chi connectivity index (χ4v) is 1.81. The second kappa shape index (κ2) is 3.90. The quantitative estimate of drug-likeness (QED) is 0.616. The Balaban J connectivity index is 2.29. The first kappa shape index (κ1) is 12.7.